The standard InChI is InChI=1S/C18H21FN2OS/c1-2-11-21(15-9-10-20-12-15)18(22)17-8-7-16(23-17)13-3-5-14(19)6-4-13/h3-8,15,20H,2,9-12H2,1H3. The number of amides is 1. The molecule has 0 radical (unpaired) electrons. The summed E-state index contributed by atoms with van der Waals surface area (Å²) in [6.45, 7) is 4.74. The third-order valence-corrected chi connectivity index (χ3v) is 5.27. The first-order chi connectivity index (χ1) is 11.2. The van der Waals surface area contributed by atoms with Crippen LogP contribution in [-0.4, -0.2) is 36.5 Å². The first kappa shape index (κ1) is 16.1. The average Bonchev–Trinajstić information content (AvgIpc) is 3.24. The zero-order valence-electron chi connectivity index (χ0n) is 13.2. The van der Waals surface area contributed by atoms with Crippen LogP contribution < -0.4 is 5.32 Å². The van der Waals surface area contributed by atoms with Crippen LogP contribution >= 0.6 is 11.3 Å². The molecule has 0 saturated carbocycles. The van der Waals surface area contributed by atoms with Crippen LogP contribution in [-0.2, 0) is 0 Å². The van der Waals surface area contributed by atoms with E-state index in [1.54, 1.807) is 12.1 Å². The van der Waals surface area contributed by atoms with Gasteiger partial charge in [-0.15, -0.1) is 11.3 Å². The molecule has 2 heterocycles. The molecule has 1 amide bonds. The number of halogens is 1. The summed E-state index contributed by atoms with van der Waals surface area (Å²) in [5.41, 5.74) is 0.944. The van der Waals surface area contributed by atoms with Crippen molar-refractivity contribution < 1.29 is 9.18 Å². The molecule has 0 bridgehead atoms. The molecule has 0 aliphatic carbocycles. The normalized spacial score (nSPS) is 17.4. The highest BCUT2D eigenvalue weighted by Gasteiger charge is 2.27. The minimum atomic E-state index is -0.246. The number of nitrogens with zero attached hydrogens (tertiary/aromatic N) is 1. The number of carbonyl (C=O) groups excluding carboxylic acids is 1. The maximum atomic E-state index is 13.0. The second kappa shape index (κ2) is 7.23. The molecule has 1 aliphatic heterocycles. The maximum Gasteiger partial charge on any atom is 0.264 e. The molecule has 5 heteroatoms. The zero-order chi connectivity index (χ0) is 16.2. The van der Waals surface area contributed by atoms with E-state index in [1.807, 2.05) is 17.0 Å². The Balaban J connectivity index is 1.80. The first-order valence-electron chi connectivity index (χ1n) is 8.06. The van der Waals surface area contributed by atoms with Crippen LogP contribution in [0.5, 0.6) is 0 Å². The van der Waals surface area contributed by atoms with Crippen molar-refractivity contribution >= 4 is 17.2 Å². The number of hydrogen-bond acceptors (Lipinski definition) is 3. The topological polar surface area (TPSA) is 32.3 Å². The van der Waals surface area contributed by atoms with Crippen LogP contribution in [0.2, 0.25) is 0 Å². The van der Waals surface area contributed by atoms with E-state index in [9.17, 15) is 9.18 Å². The molecule has 1 aromatic carbocycles. The van der Waals surface area contributed by atoms with E-state index in [-0.39, 0.29) is 11.7 Å². The fourth-order valence-corrected chi connectivity index (χ4v) is 3.93. The lowest BCUT2D eigenvalue weighted by Gasteiger charge is -2.27. The molecule has 23 heavy (non-hydrogen) atoms. The van der Waals surface area contributed by atoms with Gasteiger partial charge in [-0.25, -0.2) is 4.39 Å². The predicted octanol–water partition coefficient (Wildman–Crippen LogP) is 3.77. The van der Waals surface area contributed by atoms with Crippen LogP contribution in [0.3, 0.4) is 0 Å². The lowest BCUT2D eigenvalue weighted by molar-refractivity contribution is 0.0697. The van der Waals surface area contributed by atoms with Gasteiger partial charge < -0.3 is 10.2 Å². The molecule has 1 aromatic heterocycles. The summed E-state index contributed by atoms with van der Waals surface area (Å²) in [6.07, 6.45) is 1.97. The Morgan fingerprint density at radius 1 is 1.30 bits per heavy atom. The van der Waals surface area contributed by atoms with Gasteiger partial charge in [-0.2, -0.15) is 0 Å². The third kappa shape index (κ3) is 3.62. The highest BCUT2D eigenvalue weighted by Crippen LogP contribution is 2.29. The van der Waals surface area contributed by atoms with E-state index in [0.29, 0.717) is 6.04 Å². The van der Waals surface area contributed by atoms with Gasteiger partial charge in [-0.3, -0.25) is 4.79 Å². The van der Waals surface area contributed by atoms with Crippen molar-refractivity contribution in [1.82, 2.24) is 10.2 Å². The Labute approximate surface area is 140 Å². The molecule has 1 N–H and O–H groups in total. The van der Waals surface area contributed by atoms with Gasteiger partial charge in [0.15, 0.2) is 0 Å². The van der Waals surface area contributed by atoms with Crippen molar-refractivity contribution in [3.63, 3.8) is 0 Å². The van der Waals surface area contributed by atoms with Crippen LogP contribution in [0.15, 0.2) is 36.4 Å². The van der Waals surface area contributed by atoms with Crippen molar-refractivity contribution in [2.75, 3.05) is 19.6 Å². The summed E-state index contributed by atoms with van der Waals surface area (Å²) in [5.74, 6) is -0.136. The fourth-order valence-electron chi connectivity index (χ4n) is 2.96. The van der Waals surface area contributed by atoms with E-state index in [4.69, 9.17) is 0 Å². The predicted molar refractivity (Wildman–Crippen MR) is 92.3 cm³/mol. The lowest BCUT2D eigenvalue weighted by atomic mass is 10.2. The molecule has 0 spiro atoms. The van der Waals surface area contributed by atoms with Gasteiger partial charge in [0, 0.05) is 24.0 Å². The summed E-state index contributed by atoms with van der Waals surface area (Å²) in [6, 6.07) is 10.5. The average molecular weight is 332 g/mol. The minimum absolute atomic E-state index is 0.110. The molecule has 1 saturated heterocycles. The van der Waals surface area contributed by atoms with Gasteiger partial charge in [-0.1, -0.05) is 19.1 Å². The molecular weight excluding hydrogens is 311 g/mol. The SMILES string of the molecule is CCCN(C(=O)c1ccc(-c2ccc(F)cc2)s1)C1CCNC1. The highest BCUT2D eigenvalue weighted by molar-refractivity contribution is 7.17. The van der Waals surface area contributed by atoms with E-state index >= 15 is 0 Å². The number of hydrogen-bond donors (Lipinski definition) is 1. The first-order valence-corrected chi connectivity index (χ1v) is 8.88. The largest absolute Gasteiger partial charge is 0.334 e. The quantitative estimate of drug-likeness (QED) is 0.904. The Bertz CT molecular complexity index is 662. The van der Waals surface area contributed by atoms with E-state index in [2.05, 4.69) is 12.2 Å². The van der Waals surface area contributed by atoms with E-state index < -0.39 is 0 Å². The molecule has 1 aliphatic rings. The molecule has 3 nitrogen and oxygen atoms in total. The van der Waals surface area contributed by atoms with Gasteiger partial charge in [-0.05, 0) is 49.2 Å². The lowest BCUT2D eigenvalue weighted by Crippen LogP contribution is -2.41. The number of nitrogens with one attached hydrogen (secondary N) is 1. The van der Waals surface area contributed by atoms with Crippen molar-refractivity contribution in [3.8, 4) is 10.4 Å². The minimum Gasteiger partial charge on any atom is -0.334 e. The Morgan fingerprint density at radius 3 is 2.74 bits per heavy atom. The van der Waals surface area contributed by atoms with Gasteiger partial charge in [0.1, 0.15) is 5.82 Å². The molecule has 122 valence electrons. The third-order valence-electron chi connectivity index (χ3n) is 4.15. The maximum absolute atomic E-state index is 13.0. The van der Waals surface area contributed by atoms with Crippen molar-refractivity contribution in [3.05, 3.63) is 47.1 Å². The summed E-state index contributed by atoms with van der Waals surface area (Å²) >= 11 is 1.48. The summed E-state index contributed by atoms with van der Waals surface area (Å²) in [5, 5.41) is 3.33. The molecular formula is C18H21FN2OS. The smallest absolute Gasteiger partial charge is 0.264 e. The van der Waals surface area contributed by atoms with Crippen LogP contribution in [0.25, 0.3) is 10.4 Å². The van der Waals surface area contributed by atoms with Crippen LogP contribution in [0, 0.1) is 5.82 Å². The van der Waals surface area contributed by atoms with Gasteiger partial charge >= 0.3 is 0 Å². The summed E-state index contributed by atoms with van der Waals surface area (Å²) < 4.78 is 13.0. The highest BCUT2D eigenvalue weighted by atomic mass is 32.1. The molecule has 2 aromatic rings. The van der Waals surface area contributed by atoms with E-state index in [0.717, 1.165) is 47.8 Å². The zero-order valence-corrected chi connectivity index (χ0v) is 14.0. The summed E-state index contributed by atoms with van der Waals surface area (Å²) in [7, 11) is 0. The number of carbonyl (C=O) groups is 1. The molecule has 1 unspecified atom stereocenters. The second-order valence-electron chi connectivity index (χ2n) is 5.82. The van der Waals surface area contributed by atoms with Crippen molar-refractivity contribution in [2.45, 2.75) is 25.8 Å². The van der Waals surface area contributed by atoms with Gasteiger partial charge in [0.2, 0.25) is 0 Å². The molecule has 1 atom stereocenters. The van der Waals surface area contributed by atoms with Crippen molar-refractivity contribution in [2.24, 2.45) is 0 Å². The Kier molecular flexibility index (Phi) is 5.08. The molecule has 3 rings (SSSR count). The molecule has 1 fully saturated rings. The number of benzene rings is 1. The van der Waals surface area contributed by atoms with Gasteiger partial charge in [0.25, 0.3) is 5.91 Å². The van der Waals surface area contributed by atoms with Crippen LogP contribution in [0.1, 0.15) is 29.4 Å². The van der Waals surface area contributed by atoms with Gasteiger partial charge in [0.05, 0.1) is 4.88 Å². The van der Waals surface area contributed by atoms with Crippen molar-refractivity contribution in [1.29, 1.82) is 0 Å². The fraction of sp³-hybridized carbons (Fsp3) is 0.389. The van der Waals surface area contributed by atoms with Crippen LogP contribution in [0.4, 0.5) is 4.39 Å². The monoisotopic (exact) mass is 332 g/mol. The second-order valence-corrected chi connectivity index (χ2v) is 6.90. The Morgan fingerprint density at radius 2 is 2.09 bits per heavy atom. The number of rotatable bonds is 5. The van der Waals surface area contributed by atoms with E-state index in [1.165, 1.54) is 23.5 Å². The summed E-state index contributed by atoms with van der Waals surface area (Å²) in [4.78, 5) is 16.6. The number of thiophene rings is 1. The Hall–Kier alpha value is -1.72.